The molecule has 164 valence electrons. The number of ether oxygens (including phenoxy) is 2. The molecule has 0 saturated carbocycles. The van der Waals surface area contributed by atoms with E-state index in [-0.39, 0.29) is 11.4 Å². The highest BCUT2D eigenvalue weighted by molar-refractivity contribution is 7.85. The van der Waals surface area contributed by atoms with Gasteiger partial charge in [0.2, 0.25) is 0 Å². The molecule has 10 nitrogen and oxygen atoms in total. The number of esters is 1. The number of benzene rings is 1. The normalized spacial score (nSPS) is 14.7. The van der Waals surface area contributed by atoms with Crippen LogP contribution in [0.2, 0.25) is 0 Å². The van der Waals surface area contributed by atoms with Gasteiger partial charge in [-0.05, 0) is 60.6 Å². The van der Waals surface area contributed by atoms with Crippen LogP contribution < -0.4 is 8.91 Å². The number of nitro benzene ring substituents is 1. The fourth-order valence-corrected chi connectivity index (χ4v) is 3.27. The lowest BCUT2D eigenvalue weighted by molar-refractivity contribution is -0.384. The molecule has 1 N–H and O–H groups in total. The predicted octanol–water partition coefficient (Wildman–Crippen LogP) is 2.72. The summed E-state index contributed by atoms with van der Waals surface area (Å²) >= 11 is 0. The van der Waals surface area contributed by atoms with Crippen molar-refractivity contribution in [3.8, 4) is 5.75 Å². The quantitative estimate of drug-likeness (QED) is 0.376. The smallest absolute Gasteiger partial charge is 0.383 e. The molecule has 0 amide bonds. The fourth-order valence-electron chi connectivity index (χ4n) is 2.26. The summed E-state index contributed by atoms with van der Waals surface area (Å²) in [5.74, 6) is -0.986. The molecule has 0 bridgehead atoms. The number of carbonyl (C=O) groups excluding carboxylic acids is 1. The van der Waals surface area contributed by atoms with Crippen LogP contribution in [0, 0.1) is 10.1 Å². The summed E-state index contributed by atoms with van der Waals surface area (Å²) in [5.41, 5.74) is -1.72. The van der Waals surface area contributed by atoms with E-state index in [0.29, 0.717) is 0 Å². The Balaban J connectivity index is 3.05. The number of nitrogens with one attached hydrogen (secondary N) is 1. The largest absolute Gasteiger partial charge is 0.459 e. The highest BCUT2D eigenvalue weighted by atomic mass is 32.2. The van der Waals surface area contributed by atoms with Gasteiger partial charge in [0.25, 0.3) is 5.69 Å². The summed E-state index contributed by atoms with van der Waals surface area (Å²) in [6.45, 7) is 11.8. The molecule has 0 radical (unpaired) electrons. The summed E-state index contributed by atoms with van der Waals surface area (Å²) in [5, 5.41) is 10.7. The molecule has 2 atom stereocenters. The summed E-state index contributed by atoms with van der Waals surface area (Å²) in [4.78, 5) is 22.6. The van der Waals surface area contributed by atoms with Gasteiger partial charge < -0.3 is 13.7 Å². The zero-order chi connectivity index (χ0) is 22.6. The van der Waals surface area contributed by atoms with Crippen LogP contribution >= 0.6 is 0 Å². The maximum atomic E-state index is 12.6. The Bertz CT molecular complexity index is 823. The third-order valence-corrected chi connectivity index (χ3v) is 4.15. The van der Waals surface area contributed by atoms with Gasteiger partial charge in [-0.15, -0.1) is 0 Å². The molecule has 0 spiro atoms. The number of non-ortho nitro benzene ring substituents is 1. The first-order chi connectivity index (χ1) is 13.0. The second-order valence-electron chi connectivity index (χ2n) is 8.35. The molecule has 0 heterocycles. The Morgan fingerprint density at radius 2 is 1.59 bits per heavy atom. The van der Waals surface area contributed by atoms with Crippen molar-refractivity contribution in [2.75, 3.05) is 0 Å². The minimum absolute atomic E-state index is 0.157. The van der Waals surface area contributed by atoms with E-state index in [1.54, 1.807) is 41.5 Å². The highest BCUT2D eigenvalue weighted by Gasteiger charge is 2.36. The molecule has 2 unspecified atom stereocenters. The molecule has 1 aromatic carbocycles. The van der Waals surface area contributed by atoms with Gasteiger partial charge >= 0.3 is 16.3 Å². The lowest BCUT2D eigenvalue weighted by Gasteiger charge is -2.31. The van der Waals surface area contributed by atoms with E-state index in [1.165, 1.54) is 6.92 Å². The van der Waals surface area contributed by atoms with Crippen LogP contribution in [0.1, 0.15) is 48.5 Å². The van der Waals surface area contributed by atoms with E-state index in [0.717, 1.165) is 24.3 Å². The number of rotatable bonds is 8. The van der Waals surface area contributed by atoms with Crippen LogP contribution in [0.3, 0.4) is 0 Å². The number of carbonyl (C=O) groups is 1. The van der Waals surface area contributed by atoms with Crippen molar-refractivity contribution in [2.45, 2.75) is 71.8 Å². The van der Waals surface area contributed by atoms with Crippen molar-refractivity contribution >= 4 is 22.0 Å². The van der Waals surface area contributed by atoms with Crippen molar-refractivity contribution < 1.29 is 31.8 Å². The minimum atomic E-state index is -4.47. The maximum Gasteiger partial charge on any atom is 0.383 e. The van der Waals surface area contributed by atoms with Crippen molar-refractivity contribution in [3.05, 3.63) is 34.4 Å². The first kappa shape index (κ1) is 24.8. The molecule has 0 saturated heterocycles. The molecule has 0 aliphatic rings. The fraction of sp³-hybridized carbons (Fsp3) is 0.611. The Morgan fingerprint density at radius 1 is 1.07 bits per heavy atom. The number of nitro groups is 1. The standard InChI is InChI=1S/C18H28N2O8S/c1-12(26-17(2,3)4)15(16(21)27-18(5,6)7)19-29(24,25)28-14-10-8-13(9-11-14)20(22)23/h8-12,15,19H,1-7H3. The number of hydrogen-bond donors (Lipinski definition) is 1. The second kappa shape index (κ2) is 9.06. The second-order valence-corrected chi connectivity index (χ2v) is 9.66. The summed E-state index contributed by atoms with van der Waals surface area (Å²) in [7, 11) is -4.47. The van der Waals surface area contributed by atoms with Crippen molar-refractivity contribution in [2.24, 2.45) is 0 Å². The van der Waals surface area contributed by atoms with E-state index < -0.39 is 44.5 Å². The predicted molar refractivity (Wildman–Crippen MR) is 106 cm³/mol. The van der Waals surface area contributed by atoms with Crippen LogP contribution in [0.4, 0.5) is 5.69 Å². The Hall–Kier alpha value is -2.24. The van der Waals surface area contributed by atoms with Gasteiger partial charge in [0.15, 0.2) is 0 Å². The van der Waals surface area contributed by atoms with E-state index in [2.05, 4.69) is 4.72 Å². The topological polar surface area (TPSA) is 134 Å². The lowest BCUT2D eigenvalue weighted by Crippen LogP contribution is -2.53. The molecule has 0 aliphatic heterocycles. The van der Waals surface area contributed by atoms with Crippen LogP contribution in [0.5, 0.6) is 5.75 Å². The monoisotopic (exact) mass is 432 g/mol. The highest BCUT2D eigenvalue weighted by Crippen LogP contribution is 2.20. The van der Waals surface area contributed by atoms with Crippen LogP contribution in [0.15, 0.2) is 24.3 Å². The maximum absolute atomic E-state index is 12.6. The Labute approximate surface area is 170 Å². The third-order valence-electron chi connectivity index (χ3n) is 3.19. The first-order valence-corrected chi connectivity index (χ1v) is 10.3. The summed E-state index contributed by atoms with van der Waals surface area (Å²) in [6.07, 6.45) is -0.875. The molecule has 0 aliphatic carbocycles. The van der Waals surface area contributed by atoms with Gasteiger partial charge in [-0.25, -0.2) is 0 Å². The van der Waals surface area contributed by atoms with E-state index in [9.17, 15) is 23.3 Å². The average molecular weight is 432 g/mol. The molecule has 1 rings (SSSR count). The molecular formula is C18H28N2O8S. The van der Waals surface area contributed by atoms with E-state index in [4.69, 9.17) is 13.7 Å². The number of hydrogen-bond acceptors (Lipinski definition) is 8. The van der Waals surface area contributed by atoms with Crippen LogP contribution in [-0.2, 0) is 24.6 Å². The van der Waals surface area contributed by atoms with Gasteiger partial charge in [-0.2, -0.15) is 13.1 Å². The van der Waals surface area contributed by atoms with E-state index in [1.807, 2.05) is 0 Å². The van der Waals surface area contributed by atoms with Gasteiger partial charge in [0.05, 0.1) is 16.6 Å². The molecule has 29 heavy (non-hydrogen) atoms. The average Bonchev–Trinajstić information content (AvgIpc) is 2.49. The van der Waals surface area contributed by atoms with Crippen LogP contribution in [-0.4, -0.2) is 42.7 Å². The van der Waals surface area contributed by atoms with Gasteiger partial charge in [-0.3, -0.25) is 14.9 Å². The summed E-state index contributed by atoms with van der Waals surface area (Å²) < 4.78 is 42.9. The summed E-state index contributed by atoms with van der Waals surface area (Å²) in [6, 6.07) is 3.09. The molecular weight excluding hydrogens is 404 g/mol. The van der Waals surface area contributed by atoms with Gasteiger partial charge in [0, 0.05) is 12.1 Å². The zero-order valence-electron chi connectivity index (χ0n) is 17.6. The van der Waals surface area contributed by atoms with E-state index >= 15 is 0 Å². The van der Waals surface area contributed by atoms with Crippen molar-refractivity contribution in [1.29, 1.82) is 0 Å². The molecule has 11 heteroatoms. The van der Waals surface area contributed by atoms with Crippen LogP contribution in [0.25, 0.3) is 0 Å². The number of nitrogens with zero attached hydrogens (tertiary/aromatic N) is 1. The minimum Gasteiger partial charge on any atom is -0.459 e. The SMILES string of the molecule is CC(OC(C)(C)C)C(NS(=O)(=O)Oc1ccc([N+](=O)[O-])cc1)C(=O)OC(C)(C)C. The Kier molecular flexibility index (Phi) is 7.74. The first-order valence-electron chi connectivity index (χ1n) is 8.86. The Morgan fingerprint density at radius 3 is 2.00 bits per heavy atom. The van der Waals surface area contributed by atoms with Crippen molar-refractivity contribution in [1.82, 2.24) is 4.72 Å². The molecule has 0 aromatic heterocycles. The van der Waals surface area contributed by atoms with Gasteiger partial charge in [-0.1, -0.05) is 0 Å². The molecule has 1 aromatic rings. The lowest BCUT2D eigenvalue weighted by atomic mass is 10.1. The molecule has 0 fully saturated rings. The van der Waals surface area contributed by atoms with Gasteiger partial charge in [0.1, 0.15) is 17.4 Å². The van der Waals surface area contributed by atoms with Crippen molar-refractivity contribution in [3.63, 3.8) is 0 Å². The zero-order valence-corrected chi connectivity index (χ0v) is 18.4. The third kappa shape index (κ3) is 9.20.